The first kappa shape index (κ1) is 24.5. The smallest absolute Gasteiger partial charge is 0.161 e. The molecule has 1 aliphatic rings. The molecular formula is C29H37NO4. The fraction of sp³-hybridized carbons (Fsp3) is 0.448. The van der Waals surface area contributed by atoms with Crippen LogP contribution in [-0.2, 0) is 11.2 Å². The molecule has 0 saturated heterocycles. The van der Waals surface area contributed by atoms with Crippen molar-refractivity contribution in [1.82, 2.24) is 5.32 Å². The van der Waals surface area contributed by atoms with Gasteiger partial charge in [-0.1, -0.05) is 48.5 Å². The van der Waals surface area contributed by atoms with Gasteiger partial charge in [-0.3, -0.25) is 0 Å². The molecule has 5 nitrogen and oxygen atoms in total. The zero-order chi connectivity index (χ0) is 24.1. The summed E-state index contributed by atoms with van der Waals surface area (Å²) in [5, 5.41) is 16.7. The average molecular weight is 464 g/mol. The molecule has 34 heavy (non-hydrogen) atoms. The second kappa shape index (κ2) is 10.8. The van der Waals surface area contributed by atoms with Crippen LogP contribution in [0, 0.1) is 5.92 Å². The van der Waals surface area contributed by atoms with Crippen molar-refractivity contribution in [1.29, 1.82) is 0 Å². The summed E-state index contributed by atoms with van der Waals surface area (Å²) in [6, 6.07) is 21.0. The minimum atomic E-state index is -0.586. The third kappa shape index (κ3) is 6.29. The van der Waals surface area contributed by atoms with E-state index in [0.717, 1.165) is 24.8 Å². The Bertz CT molecular complexity index is 1090. The second-order valence-electron chi connectivity index (χ2n) is 9.98. The summed E-state index contributed by atoms with van der Waals surface area (Å²) in [5.41, 5.74) is 2.20. The SMILES string of the molecule is COc1ccc(C(OC[C@H](O)CNC(C)(C)Cc2ccc3ccccc3c2)C2CC2)cc1OC. The van der Waals surface area contributed by atoms with Crippen LogP contribution in [0.5, 0.6) is 11.5 Å². The van der Waals surface area contributed by atoms with Crippen LogP contribution in [0.2, 0.25) is 0 Å². The van der Waals surface area contributed by atoms with Gasteiger partial charge in [0.05, 0.1) is 33.0 Å². The Balaban J connectivity index is 1.31. The Kier molecular flexibility index (Phi) is 7.77. The molecule has 5 heteroatoms. The summed E-state index contributed by atoms with van der Waals surface area (Å²) < 4.78 is 17.1. The number of fused-ring (bicyclic) bond motifs is 1. The number of hydrogen-bond acceptors (Lipinski definition) is 5. The summed E-state index contributed by atoms with van der Waals surface area (Å²) in [6.45, 7) is 5.11. The molecule has 0 amide bonds. The van der Waals surface area contributed by atoms with Crippen LogP contribution >= 0.6 is 0 Å². The number of hydrogen-bond donors (Lipinski definition) is 2. The molecule has 0 aromatic heterocycles. The largest absolute Gasteiger partial charge is 0.493 e. The van der Waals surface area contributed by atoms with Crippen molar-refractivity contribution in [3.63, 3.8) is 0 Å². The lowest BCUT2D eigenvalue weighted by molar-refractivity contribution is -0.0212. The highest BCUT2D eigenvalue weighted by atomic mass is 16.5. The van der Waals surface area contributed by atoms with Crippen molar-refractivity contribution >= 4 is 10.8 Å². The molecule has 1 aliphatic carbocycles. The van der Waals surface area contributed by atoms with Crippen molar-refractivity contribution in [2.45, 2.75) is 50.9 Å². The zero-order valence-electron chi connectivity index (χ0n) is 20.7. The maximum atomic E-state index is 10.7. The first-order chi connectivity index (χ1) is 16.4. The van der Waals surface area contributed by atoms with Crippen LogP contribution in [0.4, 0.5) is 0 Å². The lowest BCUT2D eigenvalue weighted by Crippen LogP contribution is -2.46. The molecule has 0 heterocycles. The van der Waals surface area contributed by atoms with Gasteiger partial charge in [0.15, 0.2) is 11.5 Å². The van der Waals surface area contributed by atoms with Crippen LogP contribution < -0.4 is 14.8 Å². The molecule has 4 rings (SSSR count). The molecule has 0 bridgehead atoms. The minimum Gasteiger partial charge on any atom is -0.493 e. The highest BCUT2D eigenvalue weighted by molar-refractivity contribution is 5.83. The third-order valence-corrected chi connectivity index (χ3v) is 6.53. The predicted molar refractivity (Wildman–Crippen MR) is 137 cm³/mol. The summed E-state index contributed by atoms with van der Waals surface area (Å²) in [4.78, 5) is 0. The van der Waals surface area contributed by atoms with Crippen LogP contribution in [0.25, 0.3) is 10.8 Å². The van der Waals surface area contributed by atoms with E-state index in [9.17, 15) is 5.11 Å². The average Bonchev–Trinajstić information content (AvgIpc) is 3.68. The fourth-order valence-electron chi connectivity index (χ4n) is 4.52. The number of ether oxygens (including phenoxy) is 3. The van der Waals surface area contributed by atoms with Gasteiger partial charge in [-0.25, -0.2) is 0 Å². The summed E-state index contributed by atoms with van der Waals surface area (Å²) >= 11 is 0. The minimum absolute atomic E-state index is 0.0416. The van der Waals surface area contributed by atoms with E-state index in [-0.39, 0.29) is 18.2 Å². The highest BCUT2D eigenvalue weighted by Crippen LogP contribution is 2.45. The second-order valence-corrected chi connectivity index (χ2v) is 9.98. The van der Waals surface area contributed by atoms with E-state index >= 15 is 0 Å². The van der Waals surface area contributed by atoms with Gasteiger partial charge in [0.2, 0.25) is 0 Å². The zero-order valence-corrected chi connectivity index (χ0v) is 20.7. The fourth-order valence-corrected chi connectivity index (χ4v) is 4.52. The summed E-state index contributed by atoms with van der Waals surface area (Å²) in [7, 11) is 3.28. The number of methoxy groups -OCH3 is 2. The van der Waals surface area contributed by atoms with Crippen molar-refractivity contribution in [3.05, 3.63) is 71.8 Å². The number of benzene rings is 3. The molecule has 1 unspecified atom stereocenters. The number of rotatable bonds is 12. The van der Waals surface area contributed by atoms with Gasteiger partial charge in [-0.05, 0) is 73.1 Å². The van der Waals surface area contributed by atoms with Crippen molar-refractivity contribution in [2.75, 3.05) is 27.4 Å². The Labute approximate surface area is 203 Å². The number of nitrogens with one attached hydrogen (secondary N) is 1. The van der Waals surface area contributed by atoms with Gasteiger partial charge in [0, 0.05) is 12.1 Å². The Morgan fingerprint density at radius 2 is 1.68 bits per heavy atom. The van der Waals surface area contributed by atoms with Crippen LogP contribution in [0.1, 0.15) is 43.9 Å². The molecular weight excluding hydrogens is 426 g/mol. The van der Waals surface area contributed by atoms with E-state index in [1.54, 1.807) is 14.2 Å². The maximum Gasteiger partial charge on any atom is 0.161 e. The van der Waals surface area contributed by atoms with Crippen LogP contribution in [-0.4, -0.2) is 44.1 Å². The van der Waals surface area contributed by atoms with Crippen molar-refractivity contribution < 1.29 is 19.3 Å². The quantitative estimate of drug-likeness (QED) is 0.382. The Morgan fingerprint density at radius 3 is 2.38 bits per heavy atom. The molecule has 1 fully saturated rings. The normalized spacial score (nSPS) is 15.8. The molecule has 3 aromatic carbocycles. The lowest BCUT2D eigenvalue weighted by Gasteiger charge is -2.29. The van der Waals surface area contributed by atoms with Crippen molar-refractivity contribution in [2.24, 2.45) is 5.92 Å². The summed E-state index contributed by atoms with van der Waals surface area (Å²) in [5.74, 6) is 1.90. The summed E-state index contributed by atoms with van der Waals surface area (Å²) in [6.07, 6.45) is 2.54. The van der Waals surface area contributed by atoms with E-state index in [4.69, 9.17) is 14.2 Å². The standard InChI is InChI=1S/C29H37NO4/c1-29(2,17-20-9-10-21-7-5-6-8-23(21)15-20)30-18-25(31)19-34-28(22-11-12-22)24-13-14-26(32-3)27(16-24)33-4/h5-10,13-16,22,25,28,30-31H,11-12,17-19H2,1-4H3/t25-,28?/m1/s1. The Hall–Kier alpha value is -2.60. The van der Waals surface area contributed by atoms with Crippen molar-refractivity contribution in [3.8, 4) is 11.5 Å². The molecule has 1 saturated carbocycles. The van der Waals surface area contributed by atoms with Crippen LogP contribution in [0.15, 0.2) is 60.7 Å². The lowest BCUT2D eigenvalue weighted by atomic mass is 9.93. The van der Waals surface area contributed by atoms with E-state index in [2.05, 4.69) is 61.6 Å². The first-order valence-electron chi connectivity index (χ1n) is 12.1. The van der Waals surface area contributed by atoms with Gasteiger partial charge in [-0.2, -0.15) is 0 Å². The van der Waals surface area contributed by atoms with E-state index < -0.39 is 6.10 Å². The molecule has 182 valence electrons. The van der Waals surface area contributed by atoms with E-state index in [1.807, 2.05) is 18.2 Å². The number of aliphatic hydroxyl groups excluding tert-OH is 1. The van der Waals surface area contributed by atoms with Crippen LogP contribution in [0.3, 0.4) is 0 Å². The van der Waals surface area contributed by atoms with E-state index in [1.165, 1.54) is 16.3 Å². The van der Waals surface area contributed by atoms with Gasteiger partial charge in [-0.15, -0.1) is 0 Å². The maximum absolute atomic E-state index is 10.7. The van der Waals surface area contributed by atoms with Gasteiger partial charge in [0.1, 0.15) is 0 Å². The van der Waals surface area contributed by atoms with Gasteiger partial charge >= 0.3 is 0 Å². The molecule has 0 aliphatic heterocycles. The van der Waals surface area contributed by atoms with E-state index in [0.29, 0.717) is 24.0 Å². The molecule has 0 radical (unpaired) electrons. The number of β-amino-alcohol motifs (C(OH)–C–C–N with tert-alkyl or cyclic N) is 1. The monoisotopic (exact) mass is 463 g/mol. The van der Waals surface area contributed by atoms with Gasteiger partial charge in [0.25, 0.3) is 0 Å². The highest BCUT2D eigenvalue weighted by Gasteiger charge is 2.34. The predicted octanol–water partition coefficient (Wildman–Crippen LogP) is 5.30. The molecule has 2 N–H and O–H groups in total. The third-order valence-electron chi connectivity index (χ3n) is 6.53. The molecule has 2 atom stereocenters. The molecule has 0 spiro atoms. The topological polar surface area (TPSA) is 60.0 Å². The Morgan fingerprint density at radius 1 is 0.941 bits per heavy atom. The molecule has 3 aromatic rings. The first-order valence-corrected chi connectivity index (χ1v) is 12.1. The van der Waals surface area contributed by atoms with Gasteiger partial charge < -0.3 is 24.6 Å². The number of aliphatic hydroxyl groups is 1.